The molecule has 0 saturated heterocycles. The maximum absolute atomic E-state index is 13.9. The number of imidazole rings is 1. The maximum atomic E-state index is 13.9. The van der Waals surface area contributed by atoms with Gasteiger partial charge in [0.1, 0.15) is 11.6 Å². The fraction of sp³-hybridized carbons (Fsp3) is 0.438. The predicted molar refractivity (Wildman–Crippen MR) is 78.3 cm³/mol. The second kappa shape index (κ2) is 4.83. The van der Waals surface area contributed by atoms with E-state index in [1.165, 1.54) is 12.1 Å². The number of aromatic nitrogens is 2. The summed E-state index contributed by atoms with van der Waals surface area (Å²) >= 11 is 0. The molecule has 1 aromatic carbocycles. The van der Waals surface area contributed by atoms with Gasteiger partial charge in [-0.1, -0.05) is 20.8 Å². The van der Waals surface area contributed by atoms with Gasteiger partial charge in [0.05, 0.1) is 11.7 Å². The van der Waals surface area contributed by atoms with Gasteiger partial charge in [0.15, 0.2) is 0 Å². The SMILES string of the molecule is CC(C)(C)c1cn2c(n1)NC(c1cc(F)ccc1F)CC2. The molecule has 0 bridgehead atoms. The van der Waals surface area contributed by atoms with Crippen molar-refractivity contribution in [3.8, 4) is 0 Å². The Kier molecular flexibility index (Phi) is 3.23. The van der Waals surface area contributed by atoms with E-state index in [1.807, 2.05) is 10.8 Å². The van der Waals surface area contributed by atoms with Crippen LogP contribution < -0.4 is 5.32 Å². The van der Waals surface area contributed by atoms with Gasteiger partial charge in [0.25, 0.3) is 0 Å². The maximum Gasteiger partial charge on any atom is 0.203 e. The van der Waals surface area contributed by atoms with Crippen molar-refractivity contribution in [3.05, 3.63) is 47.3 Å². The van der Waals surface area contributed by atoms with Crippen LogP contribution in [-0.2, 0) is 12.0 Å². The molecule has 2 aromatic rings. The normalized spacial score (nSPS) is 18.2. The Morgan fingerprint density at radius 1 is 1.29 bits per heavy atom. The predicted octanol–water partition coefficient (Wildman–Crippen LogP) is 4.02. The van der Waals surface area contributed by atoms with E-state index in [0.29, 0.717) is 12.0 Å². The summed E-state index contributed by atoms with van der Waals surface area (Å²) in [5, 5.41) is 3.22. The van der Waals surface area contributed by atoms with Gasteiger partial charge in [-0.25, -0.2) is 13.8 Å². The summed E-state index contributed by atoms with van der Waals surface area (Å²) in [4.78, 5) is 4.59. The lowest BCUT2D eigenvalue weighted by molar-refractivity contribution is 0.509. The first-order chi connectivity index (χ1) is 9.84. The van der Waals surface area contributed by atoms with Crippen molar-refractivity contribution in [2.45, 2.75) is 45.2 Å². The van der Waals surface area contributed by atoms with Gasteiger partial charge < -0.3 is 9.88 Å². The number of hydrogen-bond acceptors (Lipinski definition) is 2. The standard InChI is InChI=1S/C16H19F2N3/c1-16(2,3)14-9-21-7-6-13(19-15(21)20-14)11-8-10(17)4-5-12(11)18/h4-5,8-9,13H,6-7H2,1-3H3,(H,19,20). The van der Waals surface area contributed by atoms with E-state index in [2.05, 4.69) is 31.1 Å². The minimum atomic E-state index is -0.419. The van der Waals surface area contributed by atoms with Gasteiger partial charge in [-0.05, 0) is 24.6 Å². The summed E-state index contributed by atoms with van der Waals surface area (Å²) in [6, 6.07) is 3.33. The Balaban J connectivity index is 1.91. The number of nitrogens with one attached hydrogen (secondary N) is 1. The quantitative estimate of drug-likeness (QED) is 0.860. The van der Waals surface area contributed by atoms with Crippen LogP contribution in [0.2, 0.25) is 0 Å². The van der Waals surface area contributed by atoms with Crippen LogP contribution >= 0.6 is 0 Å². The zero-order chi connectivity index (χ0) is 15.2. The Hall–Kier alpha value is -1.91. The molecule has 5 heteroatoms. The molecule has 21 heavy (non-hydrogen) atoms. The molecule has 2 heterocycles. The number of rotatable bonds is 1. The summed E-state index contributed by atoms with van der Waals surface area (Å²) in [5.74, 6) is -0.0812. The van der Waals surface area contributed by atoms with E-state index in [9.17, 15) is 8.78 Å². The van der Waals surface area contributed by atoms with Crippen molar-refractivity contribution in [1.29, 1.82) is 0 Å². The van der Waals surface area contributed by atoms with E-state index in [-0.39, 0.29) is 17.3 Å². The number of nitrogens with zero attached hydrogens (tertiary/aromatic N) is 2. The Bertz CT molecular complexity index is 671. The van der Waals surface area contributed by atoms with E-state index in [4.69, 9.17) is 0 Å². The molecule has 1 aliphatic heterocycles. The van der Waals surface area contributed by atoms with Crippen LogP contribution in [0.1, 0.15) is 44.5 Å². The zero-order valence-corrected chi connectivity index (χ0v) is 12.5. The van der Waals surface area contributed by atoms with Crippen molar-refractivity contribution < 1.29 is 8.78 Å². The molecule has 0 aliphatic carbocycles. The molecular weight excluding hydrogens is 272 g/mol. The van der Waals surface area contributed by atoms with Crippen LogP contribution in [0.15, 0.2) is 24.4 Å². The van der Waals surface area contributed by atoms with Gasteiger partial charge in [-0.15, -0.1) is 0 Å². The first kappa shape index (κ1) is 14.0. The molecule has 0 spiro atoms. The van der Waals surface area contributed by atoms with Crippen molar-refractivity contribution in [1.82, 2.24) is 9.55 Å². The number of hydrogen-bond donors (Lipinski definition) is 1. The van der Waals surface area contributed by atoms with Gasteiger partial charge in [-0.2, -0.15) is 0 Å². The molecule has 0 saturated carbocycles. The molecule has 0 amide bonds. The van der Waals surface area contributed by atoms with Gasteiger partial charge in [0.2, 0.25) is 5.95 Å². The Labute approximate surface area is 123 Å². The molecule has 1 aliphatic rings. The number of halogens is 2. The second-order valence-corrected chi connectivity index (χ2v) is 6.54. The van der Waals surface area contributed by atoms with Gasteiger partial charge in [0, 0.05) is 23.7 Å². The molecule has 0 fully saturated rings. The Morgan fingerprint density at radius 3 is 2.76 bits per heavy atom. The second-order valence-electron chi connectivity index (χ2n) is 6.54. The highest BCUT2D eigenvalue weighted by Gasteiger charge is 2.26. The molecule has 3 nitrogen and oxygen atoms in total. The van der Waals surface area contributed by atoms with Crippen LogP contribution in [0.25, 0.3) is 0 Å². The lowest BCUT2D eigenvalue weighted by Gasteiger charge is -2.26. The summed E-state index contributed by atoms with van der Waals surface area (Å²) < 4.78 is 29.3. The lowest BCUT2D eigenvalue weighted by atomic mass is 9.93. The van der Waals surface area contributed by atoms with E-state index in [1.54, 1.807) is 0 Å². The van der Waals surface area contributed by atoms with Crippen LogP contribution in [0.3, 0.4) is 0 Å². The zero-order valence-electron chi connectivity index (χ0n) is 12.5. The summed E-state index contributed by atoms with van der Waals surface area (Å²) in [6.07, 6.45) is 2.73. The Morgan fingerprint density at radius 2 is 2.05 bits per heavy atom. The highest BCUT2D eigenvalue weighted by atomic mass is 19.1. The molecular formula is C16H19F2N3. The molecule has 3 rings (SSSR count). The highest BCUT2D eigenvalue weighted by molar-refractivity contribution is 5.38. The van der Waals surface area contributed by atoms with Crippen molar-refractivity contribution in [3.63, 3.8) is 0 Å². The summed E-state index contributed by atoms with van der Waals surface area (Å²) in [7, 11) is 0. The average Bonchev–Trinajstić information content (AvgIpc) is 2.84. The molecule has 112 valence electrons. The molecule has 1 N–H and O–H groups in total. The topological polar surface area (TPSA) is 29.9 Å². The fourth-order valence-electron chi connectivity index (χ4n) is 2.57. The number of aryl methyl sites for hydroxylation is 1. The molecule has 1 atom stereocenters. The van der Waals surface area contributed by atoms with Gasteiger partial charge >= 0.3 is 0 Å². The smallest absolute Gasteiger partial charge is 0.203 e. The number of benzene rings is 1. The largest absolute Gasteiger partial charge is 0.349 e. The third-order valence-corrected chi connectivity index (χ3v) is 3.84. The first-order valence-electron chi connectivity index (χ1n) is 7.14. The minimum Gasteiger partial charge on any atom is -0.349 e. The van der Waals surface area contributed by atoms with E-state index >= 15 is 0 Å². The van der Waals surface area contributed by atoms with Gasteiger partial charge in [-0.3, -0.25) is 0 Å². The highest BCUT2D eigenvalue weighted by Crippen LogP contribution is 2.32. The summed E-state index contributed by atoms with van der Waals surface area (Å²) in [5.41, 5.74) is 1.32. The monoisotopic (exact) mass is 291 g/mol. The van der Waals surface area contributed by atoms with Crippen LogP contribution in [0.4, 0.5) is 14.7 Å². The fourth-order valence-corrected chi connectivity index (χ4v) is 2.57. The van der Waals surface area contributed by atoms with Crippen LogP contribution in [0, 0.1) is 11.6 Å². The van der Waals surface area contributed by atoms with E-state index < -0.39 is 5.82 Å². The molecule has 1 unspecified atom stereocenters. The number of anilines is 1. The van der Waals surface area contributed by atoms with Crippen molar-refractivity contribution >= 4 is 5.95 Å². The lowest BCUT2D eigenvalue weighted by Crippen LogP contribution is -2.22. The third kappa shape index (κ3) is 2.64. The molecule has 0 radical (unpaired) electrons. The first-order valence-corrected chi connectivity index (χ1v) is 7.14. The van der Waals surface area contributed by atoms with Crippen LogP contribution in [-0.4, -0.2) is 9.55 Å². The van der Waals surface area contributed by atoms with Crippen molar-refractivity contribution in [2.24, 2.45) is 0 Å². The average molecular weight is 291 g/mol. The van der Waals surface area contributed by atoms with Crippen molar-refractivity contribution in [2.75, 3.05) is 5.32 Å². The van der Waals surface area contributed by atoms with Crippen LogP contribution in [0.5, 0.6) is 0 Å². The summed E-state index contributed by atoms with van der Waals surface area (Å²) in [6.45, 7) is 7.05. The minimum absolute atomic E-state index is 0.0361. The number of fused-ring (bicyclic) bond motifs is 1. The molecule has 1 aromatic heterocycles. The van der Waals surface area contributed by atoms with E-state index in [0.717, 1.165) is 24.3 Å². The third-order valence-electron chi connectivity index (χ3n) is 3.84.